The summed E-state index contributed by atoms with van der Waals surface area (Å²) in [5.74, 6) is 0. The zero-order valence-electron chi connectivity index (χ0n) is 10.2. The van der Waals surface area contributed by atoms with Gasteiger partial charge in [0, 0.05) is 22.1 Å². The van der Waals surface area contributed by atoms with Gasteiger partial charge in [0.05, 0.1) is 0 Å². The maximum atomic E-state index is 5.93. The van der Waals surface area contributed by atoms with E-state index in [4.69, 9.17) is 11.6 Å². The summed E-state index contributed by atoms with van der Waals surface area (Å²) < 4.78 is 1.04. The third kappa shape index (κ3) is 3.58. The molecule has 0 heterocycles. The van der Waals surface area contributed by atoms with Crippen LogP contribution in [0.25, 0.3) is 0 Å². The lowest BCUT2D eigenvalue weighted by Gasteiger charge is -2.15. The second kappa shape index (κ2) is 6.37. The van der Waals surface area contributed by atoms with Crippen molar-refractivity contribution in [3.05, 3.63) is 69.2 Å². The largest absolute Gasteiger partial charge is 0.306 e. The average Bonchev–Trinajstić information content (AvgIpc) is 2.38. The Kier molecular flexibility index (Phi) is 4.81. The molecule has 0 aromatic heterocycles. The molecule has 1 atom stereocenters. The van der Waals surface area contributed by atoms with Crippen LogP contribution in [-0.2, 0) is 6.54 Å². The van der Waals surface area contributed by atoms with E-state index in [1.807, 2.05) is 24.3 Å². The second-order valence-corrected chi connectivity index (χ2v) is 5.54. The Labute approximate surface area is 121 Å². The van der Waals surface area contributed by atoms with Crippen molar-refractivity contribution in [1.82, 2.24) is 5.32 Å². The highest BCUT2D eigenvalue weighted by Gasteiger charge is 2.06. The van der Waals surface area contributed by atoms with E-state index in [0.717, 1.165) is 16.0 Å². The van der Waals surface area contributed by atoms with Gasteiger partial charge in [0.2, 0.25) is 0 Å². The summed E-state index contributed by atoms with van der Waals surface area (Å²) in [6, 6.07) is 16.6. The number of halogens is 2. The maximum absolute atomic E-state index is 5.93. The highest BCUT2D eigenvalue weighted by atomic mass is 79.9. The number of nitrogens with one attached hydrogen (secondary N) is 1. The van der Waals surface area contributed by atoms with Crippen LogP contribution in [-0.4, -0.2) is 0 Å². The SMILES string of the molecule is CC(NCc1ccc(Cl)cc1Br)c1ccccc1. The molecule has 0 aliphatic heterocycles. The van der Waals surface area contributed by atoms with Crippen LogP contribution < -0.4 is 5.32 Å². The number of benzene rings is 2. The minimum absolute atomic E-state index is 0.328. The summed E-state index contributed by atoms with van der Waals surface area (Å²) >= 11 is 9.45. The predicted octanol–water partition coefficient (Wildman–Crippen LogP) is 4.95. The molecule has 94 valence electrons. The fraction of sp³-hybridized carbons (Fsp3) is 0.200. The second-order valence-electron chi connectivity index (χ2n) is 4.25. The zero-order valence-corrected chi connectivity index (χ0v) is 12.5. The van der Waals surface area contributed by atoms with E-state index in [1.54, 1.807) is 0 Å². The molecular formula is C15H15BrClN. The highest BCUT2D eigenvalue weighted by molar-refractivity contribution is 9.10. The van der Waals surface area contributed by atoms with Crippen LogP contribution in [0.3, 0.4) is 0 Å². The molecule has 0 aliphatic carbocycles. The molecule has 1 nitrogen and oxygen atoms in total. The molecule has 3 heteroatoms. The molecule has 0 fully saturated rings. The van der Waals surface area contributed by atoms with Gasteiger partial charge in [-0.1, -0.05) is 63.9 Å². The predicted molar refractivity (Wildman–Crippen MR) is 80.8 cm³/mol. The first-order valence-electron chi connectivity index (χ1n) is 5.89. The van der Waals surface area contributed by atoms with Crippen molar-refractivity contribution in [1.29, 1.82) is 0 Å². The molecule has 1 N–H and O–H groups in total. The van der Waals surface area contributed by atoms with Crippen molar-refractivity contribution in [2.75, 3.05) is 0 Å². The number of hydrogen-bond acceptors (Lipinski definition) is 1. The lowest BCUT2D eigenvalue weighted by molar-refractivity contribution is 0.574. The lowest BCUT2D eigenvalue weighted by atomic mass is 10.1. The number of hydrogen-bond donors (Lipinski definition) is 1. The quantitative estimate of drug-likeness (QED) is 0.838. The van der Waals surface area contributed by atoms with Crippen LogP contribution in [0.5, 0.6) is 0 Å². The maximum Gasteiger partial charge on any atom is 0.0417 e. The first-order chi connectivity index (χ1) is 8.66. The molecule has 0 amide bonds. The van der Waals surface area contributed by atoms with Gasteiger partial charge >= 0.3 is 0 Å². The molecular weight excluding hydrogens is 310 g/mol. The van der Waals surface area contributed by atoms with Crippen LogP contribution in [0.1, 0.15) is 24.1 Å². The topological polar surface area (TPSA) is 12.0 Å². The molecule has 0 bridgehead atoms. The van der Waals surface area contributed by atoms with Crippen molar-refractivity contribution in [2.24, 2.45) is 0 Å². The van der Waals surface area contributed by atoms with Crippen molar-refractivity contribution in [3.63, 3.8) is 0 Å². The van der Waals surface area contributed by atoms with E-state index < -0.39 is 0 Å². The molecule has 2 aromatic rings. The molecule has 0 spiro atoms. The molecule has 0 radical (unpaired) electrons. The first-order valence-corrected chi connectivity index (χ1v) is 7.06. The van der Waals surface area contributed by atoms with Crippen LogP contribution in [0.4, 0.5) is 0 Å². The summed E-state index contributed by atoms with van der Waals surface area (Å²) in [4.78, 5) is 0. The summed E-state index contributed by atoms with van der Waals surface area (Å²) in [5, 5.41) is 4.25. The van der Waals surface area contributed by atoms with Gasteiger partial charge in [0.1, 0.15) is 0 Å². The van der Waals surface area contributed by atoms with E-state index in [0.29, 0.717) is 6.04 Å². The van der Waals surface area contributed by atoms with Crippen LogP contribution in [0.2, 0.25) is 5.02 Å². The smallest absolute Gasteiger partial charge is 0.0417 e. The summed E-state index contributed by atoms with van der Waals surface area (Å²) in [6.45, 7) is 2.98. The van der Waals surface area contributed by atoms with E-state index in [9.17, 15) is 0 Å². The van der Waals surface area contributed by atoms with Gasteiger partial charge in [0.15, 0.2) is 0 Å². The molecule has 1 unspecified atom stereocenters. The molecule has 2 aromatic carbocycles. The standard InChI is InChI=1S/C15H15BrClN/c1-11(12-5-3-2-4-6-12)18-10-13-7-8-14(17)9-15(13)16/h2-9,11,18H,10H2,1H3. The summed E-state index contributed by atoms with van der Waals surface area (Å²) in [5.41, 5.74) is 2.50. The Bertz CT molecular complexity index is 513. The Hall–Kier alpha value is -0.830. The van der Waals surface area contributed by atoms with Gasteiger partial charge in [0.25, 0.3) is 0 Å². The Balaban J connectivity index is 1.99. The fourth-order valence-electron chi connectivity index (χ4n) is 1.79. The Morgan fingerprint density at radius 2 is 1.89 bits per heavy atom. The van der Waals surface area contributed by atoms with E-state index in [2.05, 4.69) is 52.4 Å². The monoisotopic (exact) mass is 323 g/mol. The van der Waals surface area contributed by atoms with Crippen molar-refractivity contribution in [2.45, 2.75) is 19.5 Å². The molecule has 0 saturated carbocycles. The van der Waals surface area contributed by atoms with Crippen molar-refractivity contribution < 1.29 is 0 Å². The van der Waals surface area contributed by atoms with Gasteiger partial charge < -0.3 is 5.32 Å². The molecule has 18 heavy (non-hydrogen) atoms. The van der Waals surface area contributed by atoms with Gasteiger partial charge in [-0.2, -0.15) is 0 Å². The average molecular weight is 325 g/mol. The molecule has 0 saturated heterocycles. The van der Waals surface area contributed by atoms with Gasteiger partial charge in [-0.25, -0.2) is 0 Å². The Morgan fingerprint density at radius 1 is 1.17 bits per heavy atom. The molecule has 2 rings (SSSR count). The van der Waals surface area contributed by atoms with Crippen LogP contribution >= 0.6 is 27.5 Å². The normalized spacial score (nSPS) is 12.4. The molecule has 0 aliphatic rings. The summed E-state index contributed by atoms with van der Waals surface area (Å²) in [6.07, 6.45) is 0. The van der Waals surface area contributed by atoms with Gasteiger partial charge in [-0.15, -0.1) is 0 Å². The third-order valence-electron chi connectivity index (χ3n) is 2.91. The summed E-state index contributed by atoms with van der Waals surface area (Å²) in [7, 11) is 0. The minimum Gasteiger partial charge on any atom is -0.306 e. The van der Waals surface area contributed by atoms with E-state index in [-0.39, 0.29) is 0 Å². The third-order valence-corrected chi connectivity index (χ3v) is 3.89. The van der Waals surface area contributed by atoms with Crippen molar-refractivity contribution >= 4 is 27.5 Å². The highest BCUT2D eigenvalue weighted by Crippen LogP contribution is 2.22. The number of rotatable bonds is 4. The van der Waals surface area contributed by atoms with Crippen molar-refractivity contribution in [3.8, 4) is 0 Å². The van der Waals surface area contributed by atoms with Gasteiger partial charge in [-0.3, -0.25) is 0 Å². The van der Waals surface area contributed by atoms with Gasteiger partial charge in [-0.05, 0) is 30.2 Å². The lowest BCUT2D eigenvalue weighted by Crippen LogP contribution is -2.18. The van der Waals surface area contributed by atoms with E-state index >= 15 is 0 Å². The zero-order chi connectivity index (χ0) is 13.0. The minimum atomic E-state index is 0.328. The van der Waals surface area contributed by atoms with Crippen LogP contribution in [0.15, 0.2) is 53.0 Å². The Morgan fingerprint density at radius 3 is 2.56 bits per heavy atom. The first kappa shape index (κ1) is 13.6. The van der Waals surface area contributed by atoms with E-state index in [1.165, 1.54) is 11.1 Å². The van der Waals surface area contributed by atoms with Crippen LogP contribution in [0, 0.1) is 0 Å². The fourth-order valence-corrected chi connectivity index (χ4v) is 2.61.